The number of aryl methyl sites for hydroxylation is 1. The van der Waals surface area contributed by atoms with Gasteiger partial charge in [0.15, 0.2) is 0 Å². The Labute approximate surface area is 91.8 Å². The maximum Gasteiger partial charge on any atom is 0.488 e. The average molecular weight is 224 g/mol. The standard InChI is InChI=1S/C9H9BO2S2/c1-5-6-2-3-14-9(6)8(13)4-7(5)10(11)12/h2-4,11-13H,1H3. The molecule has 0 saturated carbocycles. The Morgan fingerprint density at radius 2 is 2.14 bits per heavy atom. The fraction of sp³-hybridized carbons (Fsp3) is 0.111. The van der Waals surface area contributed by atoms with Crippen LogP contribution in [-0.4, -0.2) is 17.2 Å². The molecule has 1 heterocycles. The summed E-state index contributed by atoms with van der Waals surface area (Å²) in [5, 5.41) is 21.3. The Kier molecular flexibility index (Phi) is 2.57. The van der Waals surface area contributed by atoms with Crippen molar-refractivity contribution in [1.29, 1.82) is 0 Å². The maximum absolute atomic E-state index is 9.15. The van der Waals surface area contributed by atoms with Gasteiger partial charge in [0.2, 0.25) is 0 Å². The smallest absolute Gasteiger partial charge is 0.423 e. The molecular weight excluding hydrogens is 215 g/mol. The third-order valence-electron chi connectivity index (χ3n) is 2.31. The van der Waals surface area contributed by atoms with Crippen LogP contribution in [0.3, 0.4) is 0 Å². The van der Waals surface area contributed by atoms with Crippen molar-refractivity contribution >= 4 is 46.6 Å². The first kappa shape index (κ1) is 10.0. The zero-order valence-corrected chi connectivity index (χ0v) is 9.27. The molecule has 0 amide bonds. The SMILES string of the molecule is Cc1c(B(O)O)cc(S)c2sccc12. The molecule has 2 aromatic rings. The summed E-state index contributed by atoms with van der Waals surface area (Å²) < 4.78 is 1.09. The minimum atomic E-state index is -1.43. The molecule has 0 bridgehead atoms. The van der Waals surface area contributed by atoms with Gasteiger partial charge in [0.05, 0.1) is 0 Å². The summed E-state index contributed by atoms with van der Waals surface area (Å²) in [5.41, 5.74) is 1.44. The first-order valence-electron chi connectivity index (χ1n) is 4.17. The van der Waals surface area contributed by atoms with Gasteiger partial charge < -0.3 is 10.0 Å². The molecule has 1 aromatic carbocycles. The predicted molar refractivity (Wildman–Crippen MR) is 63.6 cm³/mol. The summed E-state index contributed by atoms with van der Waals surface area (Å²) >= 11 is 5.93. The highest BCUT2D eigenvalue weighted by molar-refractivity contribution is 7.80. The van der Waals surface area contributed by atoms with E-state index >= 15 is 0 Å². The van der Waals surface area contributed by atoms with Gasteiger partial charge in [0.1, 0.15) is 0 Å². The van der Waals surface area contributed by atoms with E-state index in [0.29, 0.717) is 5.46 Å². The molecule has 0 fully saturated rings. The van der Waals surface area contributed by atoms with E-state index in [2.05, 4.69) is 12.6 Å². The van der Waals surface area contributed by atoms with Crippen molar-refractivity contribution in [3.63, 3.8) is 0 Å². The first-order valence-corrected chi connectivity index (χ1v) is 5.49. The van der Waals surface area contributed by atoms with Crippen LogP contribution in [0.25, 0.3) is 10.1 Å². The molecule has 0 aliphatic heterocycles. The van der Waals surface area contributed by atoms with Gasteiger partial charge in [0, 0.05) is 9.60 Å². The molecule has 0 spiro atoms. The summed E-state index contributed by atoms with van der Waals surface area (Å²) in [6, 6.07) is 3.68. The van der Waals surface area contributed by atoms with Gasteiger partial charge in [-0.1, -0.05) is 0 Å². The van der Waals surface area contributed by atoms with Crippen molar-refractivity contribution < 1.29 is 10.0 Å². The second kappa shape index (κ2) is 3.58. The van der Waals surface area contributed by atoms with E-state index in [1.807, 2.05) is 18.4 Å². The number of hydrogen-bond donors (Lipinski definition) is 3. The fourth-order valence-electron chi connectivity index (χ4n) is 1.55. The fourth-order valence-corrected chi connectivity index (χ4v) is 2.83. The van der Waals surface area contributed by atoms with E-state index in [0.717, 1.165) is 20.5 Å². The molecule has 2 N–H and O–H groups in total. The Balaban J connectivity index is 2.82. The largest absolute Gasteiger partial charge is 0.488 e. The number of hydrogen-bond acceptors (Lipinski definition) is 4. The highest BCUT2D eigenvalue weighted by Crippen LogP contribution is 2.28. The Morgan fingerprint density at radius 3 is 2.79 bits per heavy atom. The van der Waals surface area contributed by atoms with E-state index in [4.69, 9.17) is 10.0 Å². The van der Waals surface area contributed by atoms with Crippen LogP contribution in [0.5, 0.6) is 0 Å². The van der Waals surface area contributed by atoms with Gasteiger partial charge >= 0.3 is 7.12 Å². The number of fused-ring (bicyclic) bond motifs is 1. The van der Waals surface area contributed by atoms with Crippen molar-refractivity contribution in [1.82, 2.24) is 0 Å². The Morgan fingerprint density at radius 1 is 1.43 bits per heavy atom. The lowest BCUT2D eigenvalue weighted by molar-refractivity contribution is 0.425. The molecule has 0 radical (unpaired) electrons. The first-order chi connectivity index (χ1) is 6.61. The van der Waals surface area contributed by atoms with Crippen molar-refractivity contribution in [2.24, 2.45) is 0 Å². The highest BCUT2D eigenvalue weighted by Gasteiger charge is 2.17. The van der Waals surface area contributed by atoms with Gasteiger partial charge in [-0.15, -0.1) is 24.0 Å². The maximum atomic E-state index is 9.15. The summed E-state index contributed by atoms with van der Waals surface area (Å²) in [6.07, 6.45) is 0. The van der Waals surface area contributed by atoms with Crippen molar-refractivity contribution in [3.05, 3.63) is 23.1 Å². The summed E-state index contributed by atoms with van der Waals surface area (Å²) in [4.78, 5) is 0.795. The van der Waals surface area contributed by atoms with Gasteiger partial charge in [0.25, 0.3) is 0 Å². The Hall–Kier alpha value is -0.485. The minimum Gasteiger partial charge on any atom is -0.423 e. The average Bonchev–Trinajstić information content (AvgIpc) is 2.59. The van der Waals surface area contributed by atoms with Gasteiger partial charge in [-0.2, -0.15) is 0 Å². The number of thiol groups is 1. The molecule has 72 valence electrons. The van der Waals surface area contributed by atoms with E-state index in [1.54, 1.807) is 17.4 Å². The van der Waals surface area contributed by atoms with Crippen molar-refractivity contribution in [2.45, 2.75) is 11.8 Å². The Bertz CT molecular complexity index is 479. The minimum absolute atomic E-state index is 0.529. The van der Waals surface area contributed by atoms with E-state index in [1.165, 1.54) is 0 Å². The lowest BCUT2D eigenvalue weighted by atomic mass is 9.76. The molecule has 5 heteroatoms. The zero-order chi connectivity index (χ0) is 10.3. The summed E-state index contributed by atoms with van der Waals surface area (Å²) in [7, 11) is -1.43. The molecule has 0 unspecified atom stereocenters. The molecule has 0 aliphatic carbocycles. The van der Waals surface area contributed by atoms with Crippen LogP contribution in [-0.2, 0) is 0 Å². The van der Waals surface area contributed by atoms with Crippen molar-refractivity contribution in [3.8, 4) is 0 Å². The quantitative estimate of drug-likeness (QED) is 0.502. The molecule has 2 nitrogen and oxygen atoms in total. The lowest BCUT2D eigenvalue weighted by Gasteiger charge is -2.07. The van der Waals surface area contributed by atoms with Crippen LogP contribution in [0.15, 0.2) is 22.4 Å². The molecule has 2 rings (SSSR count). The van der Waals surface area contributed by atoms with Gasteiger partial charge in [-0.3, -0.25) is 0 Å². The topological polar surface area (TPSA) is 40.5 Å². The zero-order valence-electron chi connectivity index (χ0n) is 7.56. The van der Waals surface area contributed by atoms with Gasteiger partial charge in [-0.05, 0) is 40.8 Å². The highest BCUT2D eigenvalue weighted by atomic mass is 32.1. The number of benzene rings is 1. The van der Waals surface area contributed by atoms with Gasteiger partial charge in [-0.25, -0.2) is 0 Å². The predicted octanol–water partition coefficient (Wildman–Crippen LogP) is 1.18. The molecule has 14 heavy (non-hydrogen) atoms. The number of thiophene rings is 1. The lowest BCUT2D eigenvalue weighted by Crippen LogP contribution is -2.32. The van der Waals surface area contributed by atoms with Crippen LogP contribution in [0.2, 0.25) is 0 Å². The van der Waals surface area contributed by atoms with Crippen LogP contribution >= 0.6 is 24.0 Å². The van der Waals surface area contributed by atoms with Crippen LogP contribution in [0.4, 0.5) is 0 Å². The summed E-state index contributed by atoms with van der Waals surface area (Å²) in [6.45, 7) is 1.89. The normalized spacial score (nSPS) is 10.9. The second-order valence-electron chi connectivity index (χ2n) is 3.15. The van der Waals surface area contributed by atoms with E-state index < -0.39 is 7.12 Å². The van der Waals surface area contributed by atoms with E-state index in [-0.39, 0.29) is 0 Å². The van der Waals surface area contributed by atoms with E-state index in [9.17, 15) is 0 Å². The van der Waals surface area contributed by atoms with Crippen LogP contribution < -0.4 is 5.46 Å². The molecular formula is C9H9BO2S2. The van der Waals surface area contributed by atoms with Crippen LogP contribution in [0, 0.1) is 6.92 Å². The van der Waals surface area contributed by atoms with Crippen molar-refractivity contribution in [2.75, 3.05) is 0 Å². The molecule has 0 atom stereocenters. The third-order valence-corrected chi connectivity index (χ3v) is 3.76. The third kappa shape index (κ3) is 1.46. The van der Waals surface area contributed by atoms with Crippen LogP contribution in [0.1, 0.15) is 5.56 Å². The number of rotatable bonds is 1. The molecule has 0 aliphatic rings. The molecule has 0 saturated heterocycles. The monoisotopic (exact) mass is 224 g/mol. The summed E-state index contributed by atoms with van der Waals surface area (Å²) in [5.74, 6) is 0. The molecule has 1 aromatic heterocycles. The second-order valence-corrected chi connectivity index (χ2v) is 4.54.